The zero-order valence-electron chi connectivity index (χ0n) is 39.1. The highest BCUT2D eigenvalue weighted by atomic mass is 35.5. The van der Waals surface area contributed by atoms with Crippen LogP contribution in [-0.2, 0) is 23.9 Å². The topological polar surface area (TPSA) is 159 Å². The Hall–Kier alpha value is -3.24. The number of ether oxygens (including phenoxy) is 1. The maximum Gasteiger partial charge on any atom is 0.309 e. The van der Waals surface area contributed by atoms with E-state index in [1.54, 1.807) is 38.1 Å². The van der Waals surface area contributed by atoms with Crippen LogP contribution in [-0.4, -0.2) is 64.0 Å². The first-order valence-corrected chi connectivity index (χ1v) is 23.8. The number of hydrogen-bond acceptors (Lipinski definition) is 7. The van der Waals surface area contributed by atoms with E-state index in [4.69, 9.17) is 16.3 Å². The molecule has 0 saturated heterocycles. The number of esters is 1. The van der Waals surface area contributed by atoms with E-state index in [-0.39, 0.29) is 76.1 Å². The van der Waals surface area contributed by atoms with E-state index in [2.05, 4.69) is 59.1 Å². The molecule has 5 fully saturated rings. The molecule has 1 aromatic rings. The third-order valence-corrected chi connectivity index (χ3v) is 19.5. The number of allylic oxidation sites excluding steroid dienone is 2. The molecule has 5 saturated carbocycles. The fourth-order valence-electron chi connectivity index (χ4n) is 15.0. The lowest BCUT2D eigenvalue weighted by molar-refractivity contribution is -0.236. The van der Waals surface area contributed by atoms with Gasteiger partial charge in [-0.25, -0.2) is 0 Å². The monoisotopic (exact) mass is 877 g/mol. The highest BCUT2D eigenvalue weighted by Crippen LogP contribution is 2.77. The van der Waals surface area contributed by atoms with Crippen molar-refractivity contribution in [3.63, 3.8) is 0 Å². The SMILES string of the molecule is CC(C)C1=C2[C@H]3CC[C@@H]4[C@@]5(C)CC[C@H](OC(=O)[C@H]6C[C@@H](C(=O)O)C6(C)C)C(C)(C)[C@@H]5CC[C@@]4(C)[C@]3(C)CCC2(CC(=O)NCC(C)(NC(=O)c2ccc(Cl)cc2)C(C)O)CC1=O. The molecule has 12 atom stereocenters. The van der Waals surface area contributed by atoms with Crippen molar-refractivity contribution in [2.24, 2.45) is 68.0 Å². The molecule has 3 unspecified atom stereocenters. The van der Waals surface area contributed by atoms with Gasteiger partial charge in [0.15, 0.2) is 5.78 Å². The molecule has 0 radical (unpaired) electrons. The number of benzene rings is 1. The van der Waals surface area contributed by atoms with Gasteiger partial charge in [0, 0.05) is 40.8 Å². The third kappa shape index (κ3) is 7.18. The third-order valence-electron chi connectivity index (χ3n) is 19.2. The molecule has 0 aromatic heterocycles. The molecular formula is C51H73ClN2O8. The predicted molar refractivity (Wildman–Crippen MR) is 239 cm³/mol. The van der Waals surface area contributed by atoms with Gasteiger partial charge in [0.05, 0.1) is 23.5 Å². The summed E-state index contributed by atoms with van der Waals surface area (Å²) >= 11 is 6.04. The fraction of sp³-hybridized carbons (Fsp3) is 0.745. The summed E-state index contributed by atoms with van der Waals surface area (Å²) in [6, 6.07) is 6.51. The van der Waals surface area contributed by atoms with Gasteiger partial charge in [0.25, 0.3) is 5.91 Å². The molecular weight excluding hydrogens is 804 g/mol. The minimum atomic E-state index is -1.15. The van der Waals surface area contributed by atoms with E-state index in [0.717, 1.165) is 56.9 Å². The maximum atomic E-state index is 14.2. The van der Waals surface area contributed by atoms with Crippen LogP contribution in [0.1, 0.15) is 157 Å². The number of Topliss-reactive ketones (excluding diaryl/α,β-unsaturated/α-hetero) is 1. The first kappa shape index (κ1) is 46.7. The number of fused-ring (bicyclic) bond motifs is 7. The average molecular weight is 878 g/mol. The summed E-state index contributed by atoms with van der Waals surface area (Å²) in [6.45, 7) is 23.4. The summed E-state index contributed by atoms with van der Waals surface area (Å²) in [5.74, 6) is -1.47. The summed E-state index contributed by atoms with van der Waals surface area (Å²) in [5.41, 5.74) is -0.167. The van der Waals surface area contributed by atoms with Crippen LogP contribution in [0.5, 0.6) is 0 Å². The minimum absolute atomic E-state index is 0.0148. The van der Waals surface area contributed by atoms with Gasteiger partial charge in [-0.1, -0.05) is 79.5 Å². The summed E-state index contributed by atoms with van der Waals surface area (Å²) in [4.78, 5) is 67.1. The lowest BCUT2D eigenvalue weighted by atomic mass is 9.33. The minimum Gasteiger partial charge on any atom is -0.481 e. The largest absolute Gasteiger partial charge is 0.481 e. The number of carboxylic acids is 1. The van der Waals surface area contributed by atoms with Crippen LogP contribution in [0, 0.1) is 68.0 Å². The number of hydrogen-bond donors (Lipinski definition) is 4. The number of amides is 2. The van der Waals surface area contributed by atoms with Crippen molar-refractivity contribution in [3.05, 3.63) is 46.0 Å². The molecule has 62 heavy (non-hydrogen) atoms. The van der Waals surface area contributed by atoms with Gasteiger partial charge in [-0.2, -0.15) is 0 Å². The normalized spacial score (nSPS) is 38.3. The zero-order valence-corrected chi connectivity index (χ0v) is 39.9. The lowest BCUT2D eigenvalue weighted by Gasteiger charge is -2.72. The van der Waals surface area contributed by atoms with Crippen LogP contribution in [0.3, 0.4) is 0 Å². The number of carbonyl (C=O) groups is 5. The number of carboxylic acid groups (broad SMARTS) is 1. The standard InChI is InChI=1S/C51H73ClN2O8/c1-28(2)40-35(56)25-51(26-39(57)53-27-50(11,29(3)55)54-42(58)30-12-14-31(52)15-13-30)23-22-48(9)32(41(40)51)16-17-37-47(8)20-19-38(46(6,7)36(47)18-21-49(37,48)10)62-44(61)34-24-33(43(59)60)45(34,4)5/h12-15,28-29,32-34,36-38,55H,16-27H2,1-11H3,(H,53,57)(H,54,58)(H,59,60)/t29?,32-,33+,34-,36+,37-,38+,47+,48-,49-,50?,51?/m1/s1. The van der Waals surface area contributed by atoms with Crippen LogP contribution in [0.25, 0.3) is 0 Å². The van der Waals surface area contributed by atoms with Gasteiger partial charge in [0.2, 0.25) is 5.91 Å². The first-order valence-electron chi connectivity index (χ1n) is 23.4. The smallest absolute Gasteiger partial charge is 0.309 e. The van der Waals surface area contributed by atoms with Crippen LogP contribution in [0.2, 0.25) is 5.02 Å². The number of halogens is 1. The Morgan fingerprint density at radius 3 is 2.11 bits per heavy atom. The van der Waals surface area contributed by atoms with Gasteiger partial charge >= 0.3 is 11.9 Å². The van der Waals surface area contributed by atoms with E-state index < -0.39 is 40.3 Å². The highest BCUT2D eigenvalue weighted by Gasteiger charge is 2.70. The van der Waals surface area contributed by atoms with Gasteiger partial charge in [0.1, 0.15) is 6.10 Å². The van der Waals surface area contributed by atoms with Crippen LogP contribution in [0.15, 0.2) is 35.4 Å². The molecule has 342 valence electrons. The average Bonchev–Trinajstić information content (AvgIpc) is 3.46. The van der Waals surface area contributed by atoms with E-state index >= 15 is 0 Å². The van der Waals surface area contributed by atoms with Crippen molar-refractivity contribution in [3.8, 4) is 0 Å². The quantitative estimate of drug-likeness (QED) is 0.160. The highest BCUT2D eigenvalue weighted by molar-refractivity contribution is 6.30. The molecule has 2 amide bonds. The molecule has 1 aromatic carbocycles. The van der Waals surface area contributed by atoms with Gasteiger partial charge in [-0.15, -0.1) is 0 Å². The predicted octanol–water partition coefficient (Wildman–Crippen LogP) is 9.36. The Morgan fingerprint density at radius 2 is 1.52 bits per heavy atom. The van der Waals surface area contributed by atoms with E-state index in [9.17, 15) is 34.2 Å². The zero-order chi connectivity index (χ0) is 45.7. The molecule has 0 spiro atoms. The molecule has 4 N–H and O–H groups in total. The van der Waals surface area contributed by atoms with Crippen molar-refractivity contribution < 1.29 is 38.9 Å². The van der Waals surface area contributed by atoms with Crippen LogP contribution < -0.4 is 10.6 Å². The first-order chi connectivity index (χ1) is 28.7. The van der Waals surface area contributed by atoms with Crippen molar-refractivity contribution in [2.45, 2.75) is 165 Å². The molecule has 10 nitrogen and oxygen atoms in total. The summed E-state index contributed by atoms with van der Waals surface area (Å²) in [6.07, 6.45) is 7.09. The molecule has 0 heterocycles. The molecule has 6 aliphatic carbocycles. The Morgan fingerprint density at radius 1 is 0.855 bits per heavy atom. The molecule has 0 bridgehead atoms. The second-order valence-corrected chi connectivity index (χ2v) is 23.7. The van der Waals surface area contributed by atoms with Crippen LogP contribution in [0.4, 0.5) is 0 Å². The Bertz CT molecular complexity index is 2040. The Balaban J connectivity index is 1.10. The number of rotatable bonds is 11. The number of ketones is 1. The van der Waals surface area contributed by atoms with Crippen molar-refractivity contribution in [2.75, 3.05) is 6.54 Å². The van der Waals surface area contributed by atoms with E-state index in [0.29, 0.717) is 35.3 Å². The Kier molecular flexibility index (Phi) is 11.9. The fourth-order valence-corrected chi connectivity index (χ4v) is 15.1. The number of aliphatic carboxylic acids is 1. The van der Waals surface area contributed by atoms with Crippen molar-refractivity contribution in [1.29, 1.82) is 0 Å². The van der Waals surface area contributed by atoms with Gasteiger partial charge in [-0.05, 0) is 147 Å². The van der Waals surface area contributed by atoms with E-state index in [1.165, 1.54) is 5.57 Å². The second-order valence-electron chi connectivity index (χ2n) is 23.3. The number of nitrogens with one attached hydrogen (secondary N) is 2. The maximum absolute atomic E-state index is 14.2. The second kappa shape index (κ2) is 15.7. The summed E-state index contributed by atoms with van der Waals surface area (Å²) in [5, 5.41) is 27.1. The molecule has 6 aliphatic rings. The Labute approximate surface area is 374 Å². The van der Waals surface area contributed by atoms with Gasteiger partial charge in [-0.3, -0.25) is 24.0 Å². The van der Waals surface area contributed by atoms with Crippen molar-refractivity contribution >= 4 is 41.1 Å². The molecule has 0 aliphatic heterocycles. The number of carbonyl (C=O) groups excluding carboxylic acids is 4. The lowest BCUT2D eigenvalue weighted by Crippen LogP contribution is -2.66. The van der Waals surface area contributed by atoms with Crippen LogP contribution >= 0.6 is 11.6 Å². The van der Waals surface area contributed by atoms with Gasteiger partial charge < -0.3 is 25.6 Å². The van der Waals surface area contributed by atoms with Crippen molar-refractivity contribution in [1.82, 2.24) is 10.6 Å². The molecule has 11 heteroatoms. The van der Waals surface area contributed by atoms with E-state index in [1.807, 2.05) is 13.8 Å². The summed E-state index contributed by atoms with van der Waals surface area (Å²) < 4.78 is 6.42. The summed E-state index contributed by atoms with van der Waals surface area (Å²) in [7, 11) is 0. The number of aliphatic hydroxyl groups is 1. The number of aliphatic hydroxyl groups excluding tert-OH is 1. The molecule has 7 rings (SSSR count).